The molecule has 5 nitrogen and oxygen atoms in total. The van der Waals surface area contributed by atoms with Crippen LogP contribution >= 0.6 is 0 Å². The first-order valence-electron chi connectivity index (χ1n) is 2.21. The van der Waals surface area contributed by atoms with Gasteiger partial charge >= 0.3 is 5.69 Å². The summed E-state index contributed by atoms with van der Waals surface area (Å²) < 4.78 is 0. The van der Waals surface area contributed by atoms with Crippen molar-refractivity contribution >= 4 is 0 Å². The lowest BCUT2D eigenvalue weighted by Gasteiger charge is -1.60. The Morgan fingerprint density at radius 3 is 3.00 bits per heavy atom. The van der Waals surface area contributed by atoms with Gasteiger partial charge in [0.05, 0.1) is 6.20 Å². The summed E-state index contributed by atoms with van der Waals surface area (Å²) in [6, 6.07) is 1.12. The molecule has 0 bridgehead atoms. The molecule has 0 fully saturated rings. The molecular formula is C4H3N3O2. The minimum Gasteiger partial charge on any atom is -0.271 e. The van der Waals surface area contributed by atoms with Crippen molar-refractivity contribution in [2.75, 3.05) is 0 Å². The summed E-state index contributed by atoms with van der Waals surface area (Å²) in [6.07, 6.45) is 1.15. The molecule has 0 saturated carbocycles. The van der Waals surface area contributed by atoms with Crippen LogP contribution in [-0.4, -0.2) is 15.2 Å². The van der Waals surface area contributed by atoms with Crippen molar-refractivity contribution in [2.24, 2.45) is 0 Å². The van der Waals surface area contributed by atoms with Crippen LogP contribution in [0, 0.1) is 0 Å². The Kier molecular flexibility index (Phi) is 1.35. The van der Waals surface area contributed by atoms with E-state index in [4.69, 9.17) is 0 Å². The van der Waals surface area contributed by atoms with E-state index in [1.807, 2.05) is 4.98 Å². The number of aromatic nitrogens is 3. The lowest BCUT2D eigenvalue weighted by molar-refractivity contribution is 0.959. The molecular weight excluding hydrogens is 122 g/mol. The molecule has 1 aromatic heterocycles. The number of nitrogens with one attached hydrogen (secondary N) is 1. The molecule has 0 spiro atoms. The molecule has 0 aliphatic carbocycles. The number of H-pyrrole nitrogens is 1. The maximum absolute atomic E-state index is 10.4. The van der Waals surface area contributed by atoms with Gasteiger partial charge < -0.3 is 0 Å². The zero-order valence-electron chi connectivity index (χ0n) is 4.37. The van der Waals surface area contributed by atoms with E-state index in [9.17, 15) is 9.59 Å². The first-order chi connectivity index (χ1) is 4.29. The van der Waals surface area contributed by atoms with E-state index in [1.54, 1.807) is 0 Å². The highest BCUT2D eigenvalue weighted by Gasteiger charge is 1.79. The van der Waals surface area contributed by atoms with Gasteiger partial charge in [0.15, 0.2) is 0 Å². The van der Waals surface area contributed by atoms with Gasteiger partial charge in [-0.1, -0.05) is 5.10 Å². The van der Waals surface area contributed by atoms with Crippen LogP contribution in [0.2, 0.25) is 0 Å². The van der Waals surface area contributed by atoms with Gasteiger partial charge in [0, 0.05) is 6.07 Å². The van der Waals surface area contributed by atoms with Crippen LogP contribution in [0.4, 0.5) is 0 Å². The zero-order chi connectivity index (χ0) is 6.69. The van der Waals surface area contributed by atoms with Crippen molar-refractivity contribution in [2.45, 2.75) is 0 Å². The molecule has 0 atom stereocenters. The number of rotatable bonds is 0. The smallest absolute Gasteiger partial charge is 0.271 e. The Morgan fingerprint density at radius 2 is 2.22 bits per heavy atom. The van der Waals surface area contributed by atoms with Crippen molar-refractivity contribution in [1.82, 2.24) is 15.2 Å². The van der Waals surface area contributed by atoms with Gasteiger partial charge in [-0.2, -0.15) is 5.10 Å². The minimum atomic E-state index is -0.731. The van der Waals surface area contributed by atoms with E-state index < -0.39 is 11.2 Å². The largest absolute Gasteiger partial charge is 0.366 e. The lowest BCUT2D eigenvalue weighted by atomic mass is 10.7. The average Bonchev–Trinajstić information content (AvgIpc) is 1.93. The van der Waals surface area contributed by atoms with E-state index >= 15 is 0 Å². The molecule has 0 amide bonds. The molecule has 1 heterocycles. The maximum Gasteiger partial charge on any atom is 0.366 e. The Labute approximate surface area is 49.4 Å². The third-order valence-electron chi connectivity index (χ3n) is 0.671. The predicted molar refractivity (Wildman–Crippen MR) is 28.9 cm³/mol. The molecule has 0 unspecified atom stereocenters. The van der Waals surface area contributed by atoms with E-state index in [-0.39, 0.29) is 0 Å². The second-order valence-electron chi connectivity index (χ2n) is 1.33. The van der Waals surface area contributed by atoms with E-state index in [0.717, 1.165) is 12.3 Å². The average molecular weight is 125 g/mol. The summed E-state index contributed by atoms with van der Waals surface area (Å²) in [5.74, 6) is 0. The van der Waals surface area contributed by atoms with Crippen LogP contribution < -0.4 is 11.2 Å². The molecule has 0 aliphatic rings. The summed E-state index contributed by atoms with van der Waals surface area (Å²) in [7, 11) is 0. The number of nitrogens with zero attached hydrogens (tertiary/aromatic N) is 2. The van der Waals surface area contributed by atoms with Crippen LogP contribution in [0.3, 0.4) is 0 Å². The minimum absolute atomic E-state index is 0.495. The number of hydrogen-bond donors (Lipinski definition) is 1. The van der Waals surface area contributed by atoms with Crippen molar-refractivity contribution in [3.63, 3.8) is 0 Å². The molecule has 0 saturated heterocycles. The molecule has 0 aromatic carbocycles. The van der Waals surface area contributed by atoms with E-state index in [0.29, 0.717) is 0 Å². The standard InChI is InChI=1S/C4H3N3O2/c8-3-1-2-5-7-4(9)6-3/h1-2H,(H,6,8,9). The SMILES string of the molecule is O=c1ccnnc(=O)[nH]1. The van der Waals surface area contributed by atoms with Crippen molar-refractivity contribution in [3.05, 3.63) is 33.1 Å². The highest BCUT2D eigenvalue weighted by atomic mass is 16.2. The fraction of sp³-hybridized carbons (Fsp3) is 0. The molecule has 0 aliphatic heterocycles. The summed E-state index contributed by atoms with van der Waals surface area (Å²) >= 11 is 0. The fourth-order valence-corrected chi connectivity index (χ4v) is 0.359. The monoisotopic (exact) mass is 125 g/mol. The topological polar surface area (TPSA) is 75.7 Å². The molecule has 1 rings (SSSR count). The summed E-state index contributed by atoms with van der Waals surface area (Å²) in [5, 5.41) is 6.26. The van der Waals surface area contributed by atoms with Crippen LogP contribution in [0.5, 0.6) is 0 Å². The first kappa shape index (κ1) is 5.61. The van der Waals surface area contributed by atoms with E-state index in [1.165, 1.54) is 0 Å². The van der Waals surface area contributed by atoms with Gasteiger partial charge in [0.1, 0.15) is 0 Å². The first-order valence-corrected chi connectivity index (χ1v) is 2.21. The highest BCUT2D eigenvalue weighted by molar-refractivity contribution is 4.74. The quantitative estimate of drug-likeness (QED) is 0.459. The van der Waals surface area contributed by atoms with Crippen molar-refractivity contribution in [1.29, 1.82) is 0 Å². The Balaban J connectivity index is 3.56. The Bertz CT molecular complexity index is 275. The van der Waals surface area contributed by atoms with Gasteiger partial charge in [-0.3, -0.25) is 9.78 Å². The van der Waals surface area contributed by atoms with Crippen LogP contribution in [0.1, 0.15) is 0 Å². The number of aromatic amines is 1. The molecule has 1 aromatic rings. The number of hydrogen-bond acceptors (Lipinski definition) is 4. The summed E-state index contributed by atoms with van der Waals surface area (Å²) in [4.78, 5) is 22.5. The predicted octanol–water partition coefficient (Wildman–Crippen LogP) is -1.47. The fourth-order valence-electron chi connectivity index (χ4n) is 0.359. The van der Waals surface area contributed by atoms with Crippen LogP contribution in [0.15, 0.2) is 21.9 Å². The Hall–Kier alpha value is -1.52. The van der Waals surface area contributed by atoms with Crippen LogP contribution in [-0.2, 0) is 0 Å². The van der Waals surface area contributed by atoms with Gasteiger partial charge in [-0.25, -0.2) is 4.79 Å². The van der Waals surface area contributed by atoms with Crippen molar-refractivity contribution < 1.29 is 0 Å². The normalized spacial score (nSPS) is 8.89. The maximum atomic E-state index is 10.4. The van der Waals surface area contributed by atoms with Gasteiger partial charge in [0.2, 0.25) is 0 Å². The highest BCUT2D eigenvalue weighted by Crippen LogP contribution is 1.50. The molecule has 9 heavy (non-hydrogen) atoms. The molecule has 5 heteroatoms. The molecule has 0 radical (unpaired) electrons. The van der Waals surface area contributed by atoms with Crippen molar-refractivity contribution in [3.8, 4) is 0 Å². The summed E-state index contributed by atoms with van der Waals surface area (Å²) in [6.45, 7) is 0. The zero-order valence-corrected chi connectivity index (χ0v) is 4.37. The van der Waals surface area contributed by atoms with Gasteiger partial charge in [-0.05, 0) is 0 Å². The van der Waals surface area contributed by atoms with E-state index in [2.05, 4.69) is 10.2 Å². The molecule has 1 N–H and O–H groups in total. The van der Waals surface area contributed by atoms with Gasteiger partial charge in [-0.15, -0.1) is 0 Å². The van der Waals surface area contributed by atoms with Gasteiger partial charge in [0.25, 0.3) is 5.56 Å². The van der Waals surface area contributed by atoms with Crippen LogP contribution in [0.25, 0.3) is 0 Å². The third kappa shape index (κ3) is 1.45. The second kappa shape index (κ2) is 2.17. The third-order valence-corrected chi connectivity index (χ3v) is 0.671. The summed E-state index contributed by atoms with van der Waals surface area (Å²) in [5.41, 5.74) is -1.23. The molecule has 46 valence electrons. The Morgan fingerprint density at radius 1 is 1.44 bits per heavy atom. The second-order valence-corrected chi connectivity index (χ2v) is 1.33. The lowest BCUT2D eigenvalue weighted by Crippen LogP contribution is -2.15.